The van der Waals surface area contributed by atoms with Crippen molar-refractivity contribution in [2.45, 2.75) is 46.2 Å². The van der Waals surface area contributed by atoms with Crippen molar-refractivity contribution in [1.29, 1.82) is 0 Å². The Balaban J connectivity index is 1.43. The zero-order valence-corrected chi connectivity index (χ0v) is 15.9. The first-order valence-corrected chi connectivity index (χ1v) is 9.33. The molecule has 0 bridgehead atoms. The predicted octanol–water partition coefficient (Wildman–Crippen LogP) is 2.58. The number of oxazole rings is 1. The van der Waals surface area contributed by atoms with Crippen molar-refractivity contribution in [2.24, 2.45) is 0 Å². The number of rotatable bonds is 4. The maximum Gasteiger partial charge on any atom is 0.419 e. The zero-order valence-electron chi connectivity index (χ0n) is 15.9. The Kier molecular flexibility index (Phi) is 4.37. The van der Waals surface area contributed by atoms with Crippen molar-refractivity contribution < 1.29 is 9.21 Å². The number of carbonyl (C=O) groups is 1. The summed E-state index contributed by atoms with van der Waals surface area (Å²) < 4.78 is 8.85. The molecule has 1 aromatic carbocycles. The number of hydrogen-bond donors (Lipinski definition) is 0. The second kappa shape index (κ2) is 6.72. The van der Waals surface area contributed by atoms with Crippen LogP contribution in [0.25, 0.3) is 11.1 Å². The second-order valence-electron chi connectivity index (χ2n) is 7.39. The van der Waals surface area contributed by atoms with Gasteiger partial charge in [-0.2, -0.15) is 5.10 Å². The monoisotopic (exact) mass is 368 g/mol. The van der Waals surface area contributed by atoms with E-state index in [0.29, 0.717) is 18.7 Å². The molecular weight excluding hydrogens is 344 g/mol. The van der Waals surface area contributed by atoms with Crippen LogP contribution in [-0.4, -0.2) is 38.2 Å². The Bertz CT molecular complexity index is 1060. The van der Waals surface area contributed by atoms with Gasteiger partial charge < -0.3 is 9.32 Å². The smallest absolute Gasteiger partial charge is 0.408 e. The van der Waals surface area contributed by atoms with Gasteiger partial charge in [0.25, 0.3) is 0 Å². The topological polar surface area (TPSA) is 73.3 Å². The molecule has 1 aliphatic rings. The van der Waals surface area contributed by atoms with Crippen molar-refractivity contribution >= 4 is 17.0 Å². The summed E-state index contributed by atoms with van der Waals surface area (Å²) in [6.45, 7) is 7.72. The van der Waals surface area contributed by atoms with E-state index in [0.717, 1.165) is 35.4 Å². The van der Waals surface area contributed by atoms with Crippen LogP contribution in [0.2, 0.25) is 0 Å². The summed E-state index contributed by atoms with van der Waals surface area (Å²) >= 11 is 0. The molecule has 27 heavy (non-hydrogen) atoms. The Morgan fingerprint density at radius 1 is 1.26 bits per heavy atom. The number of aromatic nitrogens is 3. The lowest BCUT2D eigenvalue weighted by molar-refractivity contribution is -0.130. The van der Waals surface area contributed by atoms with Crippen LogP contribution >= 0.6 is 0 Å². The summed E-state index contributed by atoms with van der Waals surface area (Å²) in [5.41, 5.74) is 4.48. The number of hydrogen-bond acceptors (Lipinski definition) is 4. The van der Waals surface area contributed by atoms with Crippen molar-refractivity contribution in [3.63, 3.8) is 0 Å². The first-order chi connectivity index (χ1) is 12.9. The van der Waals surface area contributed by atoms with Gasteiger partial charge in [-0.25, -0.2) is 4.79 Å². The average Bonchev–Trinajstić information content (AvgIpc) is 3.30. The van der Waals surface area contributed by atoms with Crippen LogP contribution in [0.15, 0.2) is 33.5 Å². The molecule has 1 atom stereocenters. The molecule has 3 aromatic rings. The molecular formula is C20H24N4O3. The van der Waals surface area contributed by atoms with Crippen LogP contribution in [0, 0.1) is 20.8 Å². The summed E-state index contributed by atoms with van der Waals surface area (Å²) in [6.07, 6.45) is 1.19. The molecule has 0 radical (unpaired) electrons. The number of likely N-dealkylation sites (tertiary alicyclic amines) is 1. The molecule has 142 valence electrons. The molecule has 7 heteroatoms. The summed E-state index contributed by atoms with van der Waals surface area (Å²) in [5.74, 6) is -0.349. The van der Waals surface area contributed by atoms with Crippen LogP contribution in [0.4, 0.5) is 0 Å². The fraction of sp³-hybridized carbons (Fsp3) is 0.450. The normalized spacial score (nSPS) is 17.1. The highest BCUT2D eigenvalue weighted by atomic mass is 16.4. The summed E-state index contributed by atoms with van der Waals surface area (Å²) in [7, 11) is 0. The molecule has 2 aromatic heterocycles. The van der Waals surface area contributed by atoms with E-state index in [9.17, 15) is 9.59 Å². The largest absolute Gasteiger partial charge is 0.419 e. The van der Waals surface area contributed by atoms with Gasteiger partial charge in [-0.1, -0.05) is 6.07 Å². The Hall–Kier alpha value is -2.83. The molecule has 0 aliphatic carbocycles. The Morgan fingerprint density at radius 2 is 2.07 bits per heavy atom. The lowest BCUT2D eigenvalue weighted by Gasteiger charge is -2.17. The number of benzene rings is 1. The van der Waals surface area contributed by atoms with Crippen molar-refractivity contribution in [3.8, 4) is 0 Å². The number of amides is 1. The molecule has 4 rings (SSSR count). The highest BCUT2D eigenvalue weighted by molar-refractivity contribution is 5.77. The number of nitrogens with zero attached hydrogens (tertiary/aromatic N) is 4. The highest BCUT2D eigenvalue weighted by Gasteiger charge is 2.28. The van der Waals surface area contributed by atoms with Gasteiger partial charge in [-0.05, 0) is 51.0 Å². The summed E-state index contributed by atoms with van der Waals surface area (Å²) in [6, 6.07) is 7.90. The maximum absolute atomic E-state index is 12.7. The molecule has 1 fully saturated rings. The third-order valence-electron chi connectivity index (χ3n) is 5.28. The Morgan fingerprint density at radius 3 is 2.81 bits per heavy atom. The fourth-order valence-corrected chi connectivity index (χ4v) is 3.93. The van der Waals surface area contributed by atoms with Crippen LogP contribution in [0.5, 0.6) is 0 Å². The minimum atomic E-state index is -0.412. The first-order valence-electron chi connectivity index (χ1n) is 9.33. The number of carbonyl (C=O) groups excluding carboxylic acids is 1. The zero-order chi connectivity index (χ0) is 19.1. The van der Waals surface area contributed by atoms with Gasteiger partial charge in [-0.3, -0.25) is 14.0 Å². The minimum absolute atomic E-state index is 0.0629. The standard InChI is InChI=1S/C20H24N4O3/c1-13-4-5-18-17(10-13)23(20(26)27-18)9-7-19(25)22-8-6-16(12-22)24-15(3)11-14(2)21-24/h4-5,10-11,16H,6-9,12H2,1-3H3/t16-/m0/s1. The highest BCUT2D eigenvalue weighted by Crippen LogP contribution is 2.24. The third kappa shape index (κ3) is 3.29. The molecule has 0 saturated carbocycles. The van der Waals surface area contributed by atoms with Crippen molar-refractivity contribution in [3.05, 3.63) is 51.8 Å². The van der Waals surface area contributed by atoms with Crippen LogP contribution < -0.4 is 5.76 Å². The molecule has 1 saturated heterocycles. The van der Waals surface area contributed by atoms with E-state index in [2.05, 4.69) is 11.2 Å². The van der Waals surface area contributed by atoms with Crippen molar-refractivity contribution in [1.82, 2.24) is 19.2 Å². The van der Waals surface area contributed by atoms with Gasteiger partial charge in [0.05, 0.1) is 17.3 Å². The van der Waals surface area contributed by atoms with Gasteiger partial charge in [-0.15, -0.1) is 0 Å². The molecule has 1 amide bonds. The Labute approximate surface area is 157 Å². The van der Waals surface area contributed by atoms with E-state index < -0.39 is 5.76 Å². The first kappa shape index (κ1) is 17.6. The molecule has 0 unspecified atom stereocenters. The van der Waals surface area contributed by atoms with E-state index >= 15 is 0 Å². The van der Waals surface area contributed by atoms with Gasteiger partial charge in [0.1, 0.15) is 0 Å². The summed E-state index contributed by atoms with van der Waals surface area (Å²) in [4.78, 5) is 26.7. The minimum Gasteiger partial charge on any atom is -0.408 e. The third-order valence-corrected chi connectivity index (χ3v) is 5.28. The predicted molar refractivity (Wildman–Crippen MR) is 102 cm³/mol. The second-order valence-corrected chi connectivity index (χ2v) is 7.39. The van der Waals surface area contributed by atoms with Gasteiger partial charge in [0, 0.05) is 31.7 Å². The van der Waals surface area contributed by atoms with E-state index in [1.165, 1.54) is 0 Å². The van der Waals surface area contributed by atoms with Gasteiger partial charge in [0.15, 0.2) is 5.58 Å². The van der Waals surface area contributed by atoms with Crippen LogP contribution in [0.3, 0.4) is 0 Å². The summed E-state index contributed by atoms with van der Waals surface area (Å²) in [5, 5.41) is 4.55. The number of aryl methyl sites for hydroxylation is 4. The molecule has 3 heterocycles. The van der Waals surface area contributed by atoms with E-state index in [4.69, 9.17) is 4.42 Å². The fourth-order valence-electron chi connectivity index (χ4n) is 3.93. The lowest BCUT2D eigenvalue weighted by atomic mass is 10.2. The van der Waals surface area contributed by atoms with Crippen LogP contribution in [-0.2, 0) is 11.3 Å². The van der Waals surface area contributed by atoms with E-state index in [1.807, 2.05) is 42.5 Å². The quantitative estimate of drug-likeness (QED) is 0.709. The molecule has 7 nitrogen and oxygen atoms in total. The maximum atomic E-state index is 12.7. The lowest BCUT2D eigenvalue weighted by Crippen LogP contribution is -2.31. The van der Waals surface area contributed by atoms with Crippen molar-refractivity contribution in [2.75, 3.05) is 13.1 Å². The molecule has 0 spiro atoms. The van der Waals surface area contributed by atoms with Gasteiger partial charge in [0.2, 0.25) is 5.91 Å². The molecule has 1 aliphatic heterocycles. The average molecular weight is 368 g/mol. The van der Waals surface area contributed by atoms with E-state index in [1.54, 1.807) is 10.6 Å². The SMILES string of the molecule is Cc1ccc2oc(=O)n(CCC(=O)N3CC[C@H](n4nc(C)cc4C)C3)c2c1. The van der Waals surface area contributed by atoms with Gasteiger partial charge >= 0.3 is 5.76 Å². The molecule has 0 N–H and O–H groups in total. The van der Waals surface area contributed by atoms with Crippen LogP contribution in [0.1, 0.15) is 35.8 Å². The number of fused-ring (bicyclic) bond motifs is 1. The van der Waals surface area contributed by atoms with E-state index in [-0.39, 0.29) is 18.4 Å².